The number of hydrogen-bond acceptors (Lipinski definition) is 5. The second kappa shape index (κ2) is 14.7. The van der Waals surface area contributed by atoms with Gasteiger partial charge in [-0.05, 0) is 73.4 Å². The topological polar surface area (TPSA) is 18.5 Å². The normalized spacial score (nSPS) is 9.53. The molecule has 1 rings (SSSR count). The van der Waals surface area contributed by atoms with Crippen molar-refractivity contribution in [3.63, 3.8) is 0 Å². The van der Waals surface area contributed by atoms with Crippen LogP contribution in [0.5, 0.6) is 0 Å². The van der Waals surface area contributed by atoms with E-state index >= 15 is 0 Å². The quantitative estimate of drug-likeness (QED) is 0.331. The van der Waals surface area contributed by atoms with E-state index in [0.717, 1.165) is 25.7 Å². The van der Waals surface area contributed by atoms with Gasteiger partial charge < -0.3 is 8.37 Å². The van der Waals surface area contributed by atoms with E-state index in [-0.39, 0.29) is 59.1 Å². The molecule has 0 fully saturated rings. The van der Waals surface area contributed by atoms with E-state index in [1.165, 1.54) is 11.1 Å². The summed E-state index contributed by atoms with van der Waals surface area (Å²) < 4.78 is 9.49. The van der Waals surface area contributed by atoms with Gasteiger partial charge in [0, 0.05) is 0 Å². The van der Waals surface area contributed by atoms with Gasteiger partial charge >= 0.3 is 59.1 Å². The SMILES string of the molecule is SOCCCc1cscc1CCCOS.[NaH].[NaH]. The van der Waals surface area contributed by atoms with E-state index in [2.05, 4.69) is 36.6 Å². The molecule has 1 aromatic heterocycles. The van der Waals surface area contributed by atoms with Crippen LogP contribution < -0.4 is 0 Å². The fourth-order valence-corrected chi connectivity index (χ4v) is 2.64. The van der Waals surface area contributed by atoms with Crippen molar-refractivity contribution in [1.82, 2.24) is 0 Å². The summed E-state index contributed by atoms with van der Waals surface area (Å²) in [6.45, 7) is 1.41. The summed E-state index contributed by atoms with van der Waals surface area (Å²) in [5.41, 5.74) is 2.87. The van der Waals surface area contributed by atoms with E-state index in [4.69, 9.17) is 8.37 Å². The molecule has 0 amide bonds. The molecular weight excluding hydrogens is 294 g/mol. The average Bonchev–Trinajstić information content (AvgIpc) is 2.67. The van der Waals surface area contributed by atoms with Crippen molar-refractivity contribution >= 4 is 96.3 Å². The minimum absolute atomic E-state index is 0. The van der Waals surface area contributed by atoms with Crippen LogP contribution in [0.3, 0.4) is 0 Å². The molecule has 0 bridgehead atoms. The van der Waals surface area contributed by atoms with E-state index < -0.39 is 0 Å². The molecular formula is C10H18Na2O2S3. The maximum atomic E-state index is 4.75. The molecule has 0 atom stereocenters. The van der Waals surface area contributed by atoms with Crippen molar-refractivity contribution in [2.24, 2.45) is 0 Å². The zero-order valence-corrected chi connectivity index (χ0v) is 11.1. The van der Waals surface area contributed by atoms with Crippen LogP contribution in [0, 0.1) is 0 Å². The van der Waals surface area contributed by atoms with Crippen LogP contribution in [0.2, 0.25) is 0 Å². The Balaban J connectivity index is 0. The summed E-state index contributed by atoms with van der Waals surface area (Å²) in [6, 6.07) is 0. The minimum atomic E-state index is 0. The molecule has 1 aromatic rings. The van der Waals surface area contributed by atoms with E-state index in [1.54, 1.807) is 11.3 Å². The molecule has 0 radical (unpaired) electrons. The van der Waals surface area contributed by atoms with Gasteiger partial charge in [-0.2, -0.15) is 11.3 Å². The summed E-state index contributed by atoms with van der Waals surface area (Å²) in [7, 11) is 0. The molecule has 0 aliphatic carbocycles. The molecule has 0 N–H and O–H groups in total. The molecule has 1 heterocycles. The van der Waals surface area contributed by atoms with E-state index in [0.29, 0.717) is 13.2 Å². The molecule has 0 saturated heterocycles. The summed E-state index contributed by atoms with van der Waals surface area (Å²) >= 11 is 9.21. The fraction of sp³-hybridized carbons (Fsp3) is 0.600. The monoisotopic (exact) mass is 312 g/mol. The first-order chi connectivity index (χ1) is 7.38. The molecule has 0 spiro atoms. The van der Waals surface area contributed by atoms with Gasteiger partial charge in [-0.3, -0.25) is 0 Å². The second-order valence-corrected chi connectivity index (χ2v) is 4.56. The number of thiophene rings is 1. The van der Waals surface area contributed by atoms with E-state index in [1.807, 2.05) is 0 Å². The third-order valence-corrected chi connectivity index (χ3v) is 3.40. The number of thiol groups is 2. The van der Waals surface area contributed by atoms with Gasteiger partial charge in [0.05, 0.1) is 13.2 Å². The Morgan fingerprint density at radius 2 is 1.29 bits per heavy atom. The predicted octanol–water partition coefficient (Wildman–Crippen LogP) is 2.04. The van der Waals surface area contributed by atoms with Gasteiger partial charge in [-0.15, -0.1) is 0 Å². The van der Waals surface area contributed by atoms with Gasteiger partial charge in [0.2, 0.25) is 0 Å². The van der Waals surface area contributed by atoms with E-state index in [9.17, 15) is 0 Å². The van der Waals surface area contributed by atoms with Crippen LogP contribution in [-0.2, 0) is 21.2 Å². The molecule has 0 aromatic carbocycles. The fourth-order valence-electron chi connectivity index (χ4n) is 1.44. The number of hydrogen-bond donors (Lipinski definition) is 2. The first-order valence-electron chi connectivity index (χ1n) is 4.95. The zero-order valence-electron chi connectivity index (χ0n) is 8.52. The van der Waals surface area contributed by atoms with Gasteiger partial charge in [0.25, 0.3) is 0 Å². The Labute approximate surface area is 163 Å². The van der Waals surface area contributed by atoms with Crippen molar-refractivity contribution in [2.45, 2.75) is 25.7 Å². The zero-order chi connectivity index (χ0) is 10.9. The molecule has 0 aliphatic heterocycles. The number of rotatable bonds is 8. The molecule has 17 heavy (non-hydrogen) atoms. The maximum absolute atomic E-state index is 4.75. The Morgan fingerprint density at radius 3 is 1.65 bits per heavy atom. The Kier molecular flexibility index (Phi) is 18.7. The van der Waals surface area contributed by atoms with Crippen molar-refractivity contribution < 1.29 is 8.37 Å². The standard InChI is InChI=1S/C10H16O2S3.2Na.2H/c13-11-5-1-3-9-7-15-8-10(9)4-2-6-12-14;;;;/h7-8,13-14H,1-6H2;;;;. The molecule has 0 unspecified atom stereocenters. The van der Waals surface area contributed by atoms with Crippen molar-refractivity contribution in [3.8, 4) is 0 Å². The third kappa shape index (κ3) is 9.79. The Morgan fingerprint density at radius 1 is 0.882 bits per heavy atom. The summed E-state index contributed by atoms with van der Waals surface area (Å²) in [4.78, 5) is 0. The van der Waals surface area contributed by atoms with Gasteiger partial charge in [-0.25, -0.2) is 0 Å². The van der Waals surface area contributed by atoms with Crippen LogP contribution in [0.1, 0.15) is 24.0 Å². The molecule has 2 nitrogen and oxygen atoms in total. The molecule has 7 heteroatoms. The average molecular weight is 312 g/mol. The van der Waals surface area contributed by atoms with Gasteiger partial charge in [0.15, 0.2) is 0 Å². The van der Waals surface area contributed by atoms with Crippen LogP contribution in [0.15, 0.2) is 10.8 Å². The molecule has 0 saturated carbocycles. The van der Waals surface area contributed by atoms with Crippen molar-refractivity contribution in [2.75, 3.05) is 13.2 Å². The predicted molar refractivity (Wildman–Crippen MR) is 85.1 cm³/mol. The first kappa shape index (κ1) is 21.6. The Hall–Kier alpha value is 2.32. The van der Waals surface area contributed by atoms with Gasteiger partial charge in [0.1, 0.15) is 0 Å². The van der Waals surface area contributed by atoms with Gasteiger partial charge in [-0.1, -0.05) is 0 Å². The Bertz CT molecular complexity index is 247. The van der Waals surface area contributed by atoms with Crippen LogP contribution in [0.4, 0.5) is 0 Å². The number of aryl methyl sites for hydroxylation is 2. The second-order valence-electron chi connectivity index (χ2n) is 3.30. The van der Waals surface area contributed by atoms with Crippen molar-refractivity contribution in [1.29, 1.82) is 0 Å². The summed E-state index contributed by atoms with van der Waals surface area (Å²) in [5.74, 6) is 0. The molecule has 90 valence electrons. The third-order valence-electron chi connectivity index (χ3n) is 2.20. The van der Waals surface area contributed by atoms with Crippen LogP contribution in [0.25, 0.3) is 0 Å². The van der Waals surface area contributed by atoms with Crippen molar-refractivity contribution in [3.05, 3.63) is 21.9 Å². The summed E-state index contributed by atoms with van der Waals surface area (Å²) in [5, 5.41) is 4.44. The van der Waals surface area contributed by atoms with Crippen LogP contribution in [-0.4, -0.2) is 72.3 Å². The van der Waals surface area contributed by atoms with Crippen LogP contribution >= 0.6 is 37.2 Å². The molecule has 0 aliphatic rings. The first-order valence-corrected chi connectivity index (χ1v) is 6.62. The summed E-state index contributed by atoms with van der Waals surface area (Å²) in [6.07, 6.45) is 4.19.